The minimum absolute atomic E-state index is 0.0848. The van der Waals surface area contributed by atoms with E-state index in [0.29, 0.717) is 6.04 Å². The van der Waals surface area contributed by atoms with E-state index in [1.807, 2.05) is 6.20 Å². The maximum absolute atomic E-state index is 5.49. The lowest BCUT2D eigenvalue weighted by Gasteiger charge is -2.45. The van der Waals surface area contributed by atoms with Crippen LogP contribution in [0, 0.1) is 0 Å². The number of aromatic nitrogens is 2. The van der Waals surface area contributed by atoms with E-state index in [2.05, 4.69) is 53.8 Å². The van der Waals surface area contributed by atoms with E-state index in [1.54, 1.807) is 0 Å². The molecule has 0 aromatic carbocycles. The molecule has 2 rings (SSSR count). The highest BCUT2D eigenvalue weighted by Gasteiger charge is 2.36. The third-order valence-corrected chi connectivity index (χ3v) is 4.68. The lowest BCUT2D eigenvalue weighted by atomic mass is 9.89. The molecule has 1 aromatic rings. The smallest absolute Gasteiger partial charge is 0.110 e. The standard InChI is InChI=1S/C16H30N4O/c1-5-7-19-8-6-18-15(19)13-14(17-4)16(2,3)20-9-11-21-12-10-20/h6,8,14,17H,5,7,9-13H2,1-4H3. The number of hydrogen-bond donors (Lipinski definition) is 1. The number of ether oxygens (including phenoxy) is 1. The van der Waals surface area contributed by atoms with Gasteiger partial charge in [0.25, 0.3) is 0 Å². The highest BCUT2D eigenvalue weighted by molar-refractivity contribution is 5.02. The van der Waals surface area contributed by atoms with Gasteiger partial charge in [-0.2, -0.15) is 0 Å². The molecule has 1 aliphatic rings. The molecule has 1 aromatic heterocycles. The van der Waals surface area contributed by atoms with Crippen LogP contribution in [0.25, 0.3) is 0 Å². The van der Waals surface area contributed by atoms with Crippen molar-refractivity contribution in [1.29, 1.82) is 0 Å². The van der Waals surface area contributed by atoms with E-state index in [1.165, 1.54) is 5.82 Å². The highest BCUT2D eigenvalue weighted by atomic mass is 16.5. The Labute approximate surface area is 128 Å². The molecule has 1 saturated heterocycles. The molecule has 0 bridgehead atoms. The Morgan fingerprint density at radius 3 is 2.71 bits per heavy atom. The molecule has 5 nitrogen and oxygen atoms in total. The van der Waals surface area contributed by atoms with E-state index >= 15 is 0 Å². The lowest BCUT2D eigenvalue weighted by molar-refractivity contribution is -0.0226. The van der Waals surface area contributed by atoms with Crippen LogP contribution in [0.1, 0.15) is 33.0 Å². The number of nitrogens with zero attached hydrogens (tertiary/aromatic N) is 3. The first-order valence-corrected chi connectivity index (χ1v) is 8.09. The van der Waals surface area contributed by atoms with Crippen molar-refractivity contribution in [2.75, 3.05) is 33.4 Å². The van der Waals surface area contributed by atoms with Gasteiger partial charge < -0.3 is 14.6 Å². The molecule has 1 fully saturated rings. The summed E-state index contributed by atoms with van der Waals surface area (Å²) in [5.74, 6) is 1.18. The van der Waals surface area contributed by atoms with Gasteiger partial charge in [0.05, 0.1) is 13.2 Å². The molecule has 21 heavy (non-hydrogen) atoms. The number of hydrogen-bond acceptors (Lipinski definition) is 4. The maximum Gasteiger partial charge on any atom is 0.110 e. The molecule has 1 unspecified atom stereocenters. The SMILES string of the molecule is CCCn1ccnc1CC(NC)C(C)(C)N1CCOCC1. The van der Waals surface area contributed by atoms with Gasteiger partial charge in [-0.1, -0.05) is 6.92 Å². The summed E-state index contributed by atoms with van der Waals surface area (Å²) in [6.07, 6.45) is 6.10. The largest absolute Gasteiger partial charge is 0.379 e. The third kappa shape index (κ3) is 3.84. The van der Waals surface area contributed by atoms with E-state index in [0.717, 1.165) is 45.7 Å². The number of rotatable bonds is 7. The maximum atomic E-state index is 5.49. The third-order valence-electron chi connectivity index (χ3n) is 4.68. The minimum atomic E-state index is 0.0848. The van der Waals surface area contributed by atoms with Gasteiger partial charge in [-0.3, -0.25) is 4.90 Å². The number of morpholine rings is 1. The molecule has 0 aliphatic carbocycles. The summed E-state index contributed by atoms with van der Waals surface area (Å²) >= 11 is 0. The van der Waals surface area contributed by atoms with Crippen LogP contribution >= 0.6 is 0 Å². The van der Waals surface area contributed by atoms with Crippen LogP contribution in [0.15, 0.2) is 12.4 Å². The first-order chi connectivity index (χ1) is 10.1. The van der Waals surface area contributed by atoms with E-state index in [9.17, 15) is 0 Å². The summed E-state index contributed by atoms with van der Waals surface area (Å²) in [6.45, 7) is 11.6. The molecule has 1 aliphatic heterocycles. The molecular weight excluding hydrogens is 264 g/mol. The Bertz CT molecular complexity index is 424. The summed E-state index contributed by atoms with van der Waals surface area (Å²) < 4.78 is 7.76. The molecule has 2 heterocycles. The molecular formula is C16H30N4O. The van der Waals surface area contributed by atoms with Gasteiger partial charge in [0, 0.05) is 50.0 Å². The Morgan fingerprint density at radius 1 is 1.38 bits per heavy atom. The molecule has 120 valence electrons. The van der Waals surface area contributed by atoms with Gasteiger partial charge >= 0.3 is 0 Å². The van der Waals surface area contributed by atoms with Gasteiger partial charge in [0.1, 0.15) is 5.82 Å². The van der Waals surface area contributed by atoms with Crippen LogP contribution < -0.4 is 5.32 Å². The molecule has 0 spiro atoms. The second-order valence-corrected chi connectivity index (χ2v) is 6.34. The van der Waals surface area contributed by atoms with Gasteiger partial charge in [-0.05, 0) is 27.3 Å². The summed E-state index contributed by atoms with van der Waals surface area (Å²) in [7, 11) is 2.06. The Morgan fingerprint density at radius 2 is 2.10 bits per heavy atom. The fraction of sp³-hybridized carbons (Fsp3) is 0.812. The predicted molar refractivity (Wildman–Crippen MR) is 85.5 cm³/mol. The predicted octanol–water partition coefficient (Wildman–Crippen LogP) is 1.53. The summed E-state index contributed by atoms with van der Waals surface area (Å²) in [5, 5.41) is 3.51. The van der Waals surface area contributed by atoms with Crippen molar-refractivity contribution in [2.45, 2.75) is 51.7 Å². The van der Waals surface area contributed by atoms with E-state index in [-0.39, 0.29) is 5.54 Å². The van der Waals surface area contributed by atoms with Crippen molar-refractivity contribution in [2.24, 2.45) is 0 Å². The van der Waals surface area contributed by atoms with Crippen LogP contribution in [-0.2, 0) is 17.7 Å². The van der Waals surface area contributed by atoms with Crippen molar-refractivity contribution in [3.05, 3.63) is 18.2 Å². The zero-order valence-corrected chi connectivity index (χ0v) is 13.9. The number of likely N-dealkylation sites (N-methyl/N-ethyl adjacent to an activating group) is 1. The van der Waals surface area contributed by atoms with Crippen molar-refractivity contribution < 1.29 is 4.74 Å². The Balaban J connectivity index is 2.08. The number of nitrogens with one attached hydrogen (secondary N) is 1. The van der Waals surface area contributed by atoms with Crippen LogP contribution in [0.4, 0.5) is 0 Å². The van der Waals surface area contributed by atoms with Crippen molar-refractivity contribution in [1.82, 2.24) is 19.8 Å². The van der Waals surface area contributed by atoms with Gasteiger partial charge in [-0.15, -0.1) is 0 Å². The first-order valence-electron chi connectivity index (χ1n) is 8.09. The molecule has 0 amide bonds. The van der Waals surface area contributed by atoms with Crippen LogP contribution in [-0.4, -0.2) is 59.4 Å². The van der Waals surface area contributed by atoms with Crippen LogP contribution in [0.5, 0.6) is 0 Å². The second kappa shape index (κ2) is 7.38. The normalized spacial score (nSPS) is 18.9. The average molecular weight is 294 g/mol. The fourth-order valence-electron chi connectivity index (χ4n) is 3.22. The average Bonchev–Trinajstić information content (AvgIpc) is 2.93. The van der Waals surface area contributed by atoms with Crippen LogP contribution in [0.2, 0.25) is 0 Å². The number of imidazole rings is 1. The zero-order valence-electron chi connectivity index (χ0n) is 13.9. The minimum Gasteiger partial charge on any atom is -0.379 e. The molecule has 0 saturated carbocycles. The number of aryl methyl sites for hydroxylation is 1. The summed E-state index contributed by atoms with van der Waals surface area (Å²) in [6, 6.07) is 0.369. The quantitative estimate of drug-likeness (QED) is 0.828. The van der Waals surface area contributed by atoms with Gasteiger partial charge in [0.15, 0.2) is 0 Å². The van der Waals surface area contributed by atoms with Gasteiger partial charge in [-0.25, -0.2) is 4.98 Å². The molecule has 0 radical (unpaired) electrons. The summed E-state index contributed by atoms with van der Waals surface area (Å²) in [4.78, 5) is 7.09. The van der Waals surface area contributed by atoms with E-state index in [4.69, 9.17) is 4.74 Å². The van der Waals surface area contributed by atoms with Crippen molar-refractivity contribution in [3.63, 3.8) is 0 Å². The topological polar surface area (TPSA) is 42.3 Å². The first kappa shape index (κ1) is 16.5. The van der Waals surface area contributed by atoms with Crippen molar-refractivity contribution >= 4 is 0 Å². The van der Waals surface area contributed by atoms with E-state index < -0.39 is 0 Å². The van der Waals surface area contributed by atoms with Crippen molar-refractivity contribution in [3.8, 4) is 0 Å². The highest BCUT2D eigenvalue weighted by Crippen LogP contribution is 2.23. The summed E-state index contributed by atoms with van der Waals surface area (Å²) in [5.41, 5.74) is 0.0848. The Hall–Kier alpha value is -0.910. The second-order valence-electron chi connectivity index (χ2n) is 6.34. The van der Waals surface area contributed by atoms with Crippen LogP contribution in [0.3, 0.4) is 0 Å². The van der Waals surface area contributed by atoms with Gasteiger partial charge in [0.2, 0.25) is 0 Å². The lowest BCUT2D eigenvalue weighted by Crippen LogP contribution is -2.60. The molecule has 5 heteroatoms. The fourth-order valence-corrected chi connectivity index (χ4v) is 3.22. The zero-order chi connectivity index (χ0) is 15.3. The Kier molecular flexibility index (Phi) is 5.79. The molecule has 1 atom stereocenters. The molecule has 1 N–H and O–H groups in total. The monoisotopic (exact) mass is 294 g/mol.